The molecule has 0 saturated carbocycles. The Bertz CT molecular complexity index is 590. The monoisotopic (exact) mass is 333 g/mol. The molecule has 7 nitrogen and oxygen atoms in total. The Balaban J connectivity index is 2.05. The molecule has 1 aromatic rings. The van der Waals surface area contributed by atoms with Crippen LogP contribution in [0.15, 0.2) is 12.3 Å². The highest BCUT2D eigenvalue weighted by atomic mass is 16.2. The number of hydrogen-bond donors (Lipinski definition) is 2. The number of anilines is 1. The third-order valence-electron chi connectivity index (χ3n) is 4.19. The lowest BCUT2D eigenvalue weighted by molar-refractivity contribution is -0.136. The van der Waals surface area contributed by atoms with Crippen molar-refractivity contribution in [1.82, 2.24) is 20.4 Å². The molecule has 132 valence electrons. The van der Waals surface area contributed by atoms with Gasteiger partial charge in [0.2, 0.25) is 5.91 Å². The van der Waals surface area contributed by atoms with E-state index in [0.29, 0.717) is 11.4 Å². The highest BCUT2D eigenvalue weighted by Gasteiger charge is 2.28. The Hall–Kier alpha value is -2.18. The van der Waals surface area contributed by atoms with Crippen LogP contribution in [-0.2, 0) is 4.79 Å². The van der Waals surface area contributed by atoms with Crippen molar-refractivity contribution < 1.29 is 9.59 Å². The van der Waals surface area contributed by atoms with Crippen LogP contribution >= 0.6 is 0 Å². The Labute approximate surface area is 143 Å². The maximum absolute atomic E-state index is 12.6. The van der Waals surface area contributed by atoms with Gasteiger partial charge in [-0.3, -0.25) is 9.59 Å². The van der Waals surface area contributed by atoms with Crippen LogP contribution in [0.2, 0.25) is 0 Å². The summed E-state index contributed by atoms with van der Waals surface area (Å²) in [7, 11) is 0. The number of nitrogens with zero attached hydrogens (tertiary/aromatic N) is 3. The zero-order valence-electron chi connectivity index (χ0n) is 14.9. The average Bonchev–Trinajstić information content (AvgIpc) is 2.54. The largest absolute Gasteiger partial charge is 0.366 e. The fourth-order valence-electron chi connectivity index (χ4n) is 2.91. The van der Waals surface area contributed by atoms with Gasteiger partial charge < -0.3 is 15.5 Å². The molecule has 2 rings (SSSR count). The predicted octanol–water partition coefficient (Wildman–Crippen LogP) is 1.82. The van der Waals surface area contributed by atoms with Gasteiger partial charge in [-0.15, -0.1) is 5.10 Å². The fourth-order valence-corrected chi connectivity index (χ4v) is 2.91. The van der Waals surface area contributed by atoms with Gasteiger partial charge in [0.05, 0.1) is 11.8 Å². The molecule has 2 N–H and O–H groups in total. The molecule has 7 heteroatoms. The van der Waals surface area contributed by atoms with E-state index in [-0.39, 0.29) is 23.9 Å². The van der Waals surface area contributed by atoms with Gasteiger partial charge in [0.1, 0.15) is 6.04 Å². The van der Waals surface area contributed by atoms with E-state index in [1.165, 1.54) is 6.20 Å². The lowest BCUT2D eigenvalue weighted by Gasteiger charge is -2.35. The number of nitrogens with one attached hydrogen (secondary N) is 2. The summed E-state index contributed by atoms with van der Waals surface area (Å²) in [6, 6.07) is 1.39. The number of carbonyl (C=O) groups excluding carboxylic acids is 2. The van der Waals surface area contributed by atoms with Gasteiger partial charge in [0.15, 0.2) is 5.82 Å². The number of rotatable bonds is 5. The molecule has 1 saturated heterocycles. The fraction of sp³-hybridized carbons (Fsp3) is 0.647. The molecular weight excluding hydrogens is 306 g/mol. The lowest BCUT2D eigenvalue weighted by Crippen LogP contribution is -2.51. The standard InChI is InChI=1S/C17H27N5O2/c1-11(2)19-15-14(8-9-18-21-15)16(23)20-13(4)17(24)22-10-6-5-7-12(22)3/h8-9,11-13H,5-7,10H2,1-4H3,(H,19,21)(H,20,23). The molecule has 1 aromatic heterocycles. The number of carbonyl (C=O) groups is 2. The molecule has 0 spiro atoms. The summed E-state index contributed by atoms with van der Waals surface area (Å²) in [5, 5.41) is 13.7. The van der Waals surface area contributed by atoms with Crippen LogP contribution in [0.1, 0.15) is 57.3 Å². The maximum Gasteiger partial charge on any atom is 0.255 e. The van der Waals surface area contributed by atoms with Gasteiger partial charge in [-0.05, 0) is 53.0 Å². The first-order valence-corrected chi connectivity index (χ1v) is 8.59. The molecule has 24 heavy (non-hydrogen) atoms. The Morgan fingerprint density at radius 1 is 1.29 bits per heavy atom. The quantitative estimate of drug-likeness (QED) is 0.858. The second kappa shape index (κ2) is 8.08. The van der Waals surface area contributed by atoms with E-state index in [9.17, 15) is 9.59 Å². The molecule has 1 aliphatic heterocycles. The molecule has 1 aliphatic rings. The SMILES string of the molecule is CC(C)Nc1nnccc1C(=O)NC(C)C(=O)N1CCCCC1C. The number of piperidine rings is 1. The van der Waals surface area contributed by atoms with Gasteiger partial charge in [-0.2, -0.15) is 5.10 Å². The van der Waals surface area contributed by atoms with E-state index in [0.717, 1.165) is 25.8 Å². The zero-order chi connectivity index (χ0) is 17.7. The van der Waals surface area contributed by atoms with E-state index in [1.807, 2.05) is 18.7 Å². The molecule has 0 radical (unpaired) electrons. The van der Waals surface area contributed by atoms with Crippen molar-refractivity contribution >= 4 is 17.6 Å². The summed E-state index contributed by atoms with van der Waals surface area (Å²) in [5.41, 5.74) is 0.394. The second-order valence-corrected chi connectivity index (χ2v) is 6.66. The van der Waals surface area contributed by atoms with Crippen LogP contribution in [0, 0.1) is 0 Å². The van der Waals surface area contributed by atoms with E-state index < -0.39 is 6.04 Å². The third kappa shape index (κ3) is 4.43. The van der Waals surface area contributed by atoms with Crippen molar-refractivity contribution in [1.29, 1.82) is 0 Å². The maximum atomic E-state index is 12.6. The summed E-state index contributed by atoms with van der Waals surface area (Å²) in [6.45, 7) is 8.46. The first-order valence-electron chi connectivity index (χ1n) is 8.59. The summed E-state index contributed by atoms with van der Waals surface area (Å²) >= 11 is 0. The van der Waals surface area contributed by atoms with Crippen LogP contribution in [0.5, 0.6) is 0 Å². The topological polar surface area (TPSA) is 87.2 Å². The second-order valence-electron chi connectivity index (χ2n) is 6.66. The van der Waals surface area contributed by atoms with Crippen molar-refractivity contribution in [2.75, 3.05) is 11.9 Å². The predicted molar refractivity (Wildman–Crippen MR) is 92.7 cm³/mol. The third-order valence-corrected chi connectivity index (χ3v) is 4.19. The van der Waals surface area contributed by atoms with Crippen molar-refractivity contribution in [3.05, 3.63) is 17.8 Å². The van der Waals surface area contributed by atoms with Crippen molar-refractivity contribution in [3.8, 4) is 0 Å². The normalized spacial score (nSPS) is 19.0. The lowest BCUT2D eigenvalue weighted by atomic mass is 10.0. The summed E-state index contributed by atoms with van der Waals surface area (Å²) in [5.74, 6) is 0.0745. The molecule has 1 fully saturated rings. The molecule has 0 bridgehead atoms. The van der Waals surface area contributed by atoms with Gasteiger partial charge >= 0.3 is 0 Å². The van der Waals surface area contributed by atoms with Crippen LogP contribution in [0.3, 0.4) is 0 Å². The van der Waals surface area contributed by atoms with Crippen molar-refractivity contribution in [2.24, 2.45) is 0 Å². The molecule has 0 aromatic carbocycles. The summed E-state index contributed by atoms with van der Waals surface area (Å²) < 4.78 is 0. The van der Waals surface area contributed by atoms with Crippen LogP contribution < -0.4 is 10.6 Å². The van der Waals surface area contributed by atoms with Crippen molar-refractivity contribution in [2.45, 2.75) is 65.1 Å². The Kier molecular flexibility index (Phi) is 6.11. The molecule has 2 amide bonds. The van der Waals surface area contributed by atoms with Gasteiger partial charge in [0.25, 0.3) is 5.91 Å². The van der Waals surface area contributed by atoms with Gasteiger partial charge in [-0.25, -0.2) is 0 Å². The number of likely N-dealkylation sites (tertiary alicyclic amines) is 1. The first-order chi connectivity index (χ1) is 11.4. The van der Waals surface area contributed by atoms with Gasteiger partial charge in [0, 0.05) is 18.6 Å². The smallest absolute Gasteiger partial charge is 0.255 e. The minimum atomic E-state index is -0.571. The number of hydrogen-bond acceptors (Lipinski definition) is 5. The molecular formula is C17H27N5O2. The summed E-state index contributed by atoms with van der Waals surface area (Å²) in [6.07, 6.45) is 4.66. The van der Waals surface area contributed by atoms with Gasteiger partial charge in [-0.1, -0.05) is 0 Å². The molecule has 0 aliphatic carbocycles. The van der Waals surface area contributed by atoms with E-state index in [1.54, 1.807) is 13.0 Å². The Morgan fingerprint density at radius 2 is 2.04 bits per heavy atom. The first kappa shape index (κ1) is 18.2. The summed E-state index contributed by atoms with van der Waals surface area (Å²) in [4.78, 5) is 27.0. The zero-order valence-corrected chi connectivity index (χ0v) is 14.9. The number of amides is 2. The number of aromatic nitrogens is 2. The molecule has 2 unspecified atom stereocenters. The molecule has 2 atom stereocenters. The van der Waals surface area contributed by atoms with Crippen LogP contribution in [0.4, 0.5) is 5.82 Å². The highest BCUT2D eigenvalue weighted by molar-refractivity contribution is 6.00. The molecule has 2 heterocycles. The van der Waals surface area contributed by atoms with E-state index in [4.69, 9.17) is 0 Å². The van der Waals surface area contributed by atoms with Crippen molar-refractivity contribution in [3.63, 3.8) is 0 Å². The Morgan fingerprint density at radius 3 is 2.71 bits per heavy atom. The highest BCUT2D eigenvalue weighted by Crippen LogP contribution is 2.18. The van der Waals surface area contributed by atoms with E-state index >= 15 is 0 Å². The van der Waals surface area contributed by atoms with Crippen LogP contribution in [0.25, 0.3) is 0 Å². The minimum Gasteiger partial charge on any atom is -0.366 e. The minimum absolute atomic E-state index is 0.0315. The average molecular weight is 333 g/mol. The van der Waals surface area contributed by atoms with E-state index in [2.05, 4.69) is 27.8 Å². The van der Waals surface area contributed by atoms with Crippen LogP contribution in [-0.4, -0.2) is 51.6 Å².